The van der Waals surface area contributed by atoms with E-state index in [-0.39, 0.29) is 28.0 Å². The summed E-state index contributed by atoms with van der Waals surface area (Å²) in [5.41, 5.74) is 7.64. The highest BCUT2D eigenvalue weighted by Gasteiger charge is 2.55. The number of benzene rings is 2. The number of oxime groups is 1. The summed E-state index contributed by atoms with van der Waals surface area (Å²) in [7, 11) is 1.29. The van der Waals surface area contributed by atoms with Crippen molar-refractivity contribution < 1.29 is 24.0 Å². The summed E-state index contributed by atoms with van der Waals surface area (Å²) in [6.07, 6.45) is 5.01. The summed E-state index contributed by atoms with van der Waals surface area (Å²) in [5.74, 6) is 0.909. The van der Waals surface area contributed by atoms with Gasteiger partial charge in [0.2, 0.25) is 0 Å². The Hall–Kier alpha value is -4.60. The van der Waals surface area contributed by atoms with Crippen LogP contribution >= 0.6 is 23.1 Å². The molecule has 0 bridgehead atoms. The number of amides is 2. The highest BCUT2D eigenvalue weighted by Crippen LogP contribution is 2.41. The van der Waals surface area contributed by atoms with Gasteiger partial charge in [0, 0.05) is 16.7 Å². The molecule has 2 aliphatic rings. The molecule has 3 N–H and O–H groups in total. The number of hydrogen-bond donors (Lipinski definition) is 2. The predicted molar refractivity (Wildman–Crippen MR) is 152 cm³/mol. The van der Waals surface area contributed by atoms with Crippen molar-refractivity contribution >= 4 is 51.7 Å². The molecule has 1 fully saturated rings. The van der Waals surface area contributed by atoms with Gasteiger partial charge >= 0.3 is 5.97 Å². The number of anilines is 1. The fraction of sp³-hybridized carbons (Fsp3) is 0.179. The van der Waals surface area contributed by atoms with Gasteiger partial charge in [0.25, 0.3) is 11.8 Å². The Morgan fingerprint density at radius 3 is 2.38 bits per heavy atom. The number of carbonyl (C=O) groups is 3. The van der Waals surface area contributed by atoms with Crippen LogP contribution in [0.25, 0.3) is 0 Å². The molecular weight excluding hydrogens is 550 g/mol. The summed E-state index contributed by atoms with van der Waals surface area (Å²) >= 11 is 2.47. The first-order chi connectivity index (χ1) is 19.4. The number of terminal acetylenes is 1. The Balaban J connectivity index is 1.38. The Kier molecular flexibility index (Phi) is 7.86. The molecule has 1 saturated heterocycles. The molecule has 0 saturated carbocycles. The average molecular weight is 574 g/mol. The van der Waals surface area contributed by atoms with Crippen LogP contribution in [0.4, 0.5) is 5.13 Å². The number of nitrogens with zero attached hydrogens (tertiary/aromatic N) is 3. The maximum absolute atomic E-state index is 13.6. The highest BCUT2D eigenvalue weighted by atomic mass is 32.2. The van der Waals surface area contributed by atoms with Crippen LogP contribution in [0.5, 0.6) is 0 Å². The van der Waals surface area contributed by atoms with E-state index in [4.69, 9.17) is 21.7 Å². The van der Waals surface area contributed by atoms with Gasteiger partial charge in [0.1, 0.15) is 29.9 Å². The molecule has 2 atom stereocenters. The summed E-state index contributed by atoms with van der Waals surface area (Å²) in [5, 5.41) is 7.67. The van der Waals surface area contributed by atoms with Crippen molar-refractivity contribution in [2.45, 2.75) is 17.5 Å². The van der Waals surface area contributed by atoms with Gasteiger partial charge in [-0.3, -0.25) is 14.5 Å². The molecule has 2 aliphatic heterocycles. The van der Waals surface area contributed by atoms with E-state index in [1.165, 1.54) is 23.8 Å². The van der Waals surface area contributed by atoms with Gasteiger partial charge in [0.15, 0.2) is 16.9 Å². The number of β-lactam (4-membered cyclic amide) rings is 1. The monoisotopic (exact) mass is 573 g/mol. The average Bonchev–Trinajstić information content (AvgIpc) is 3.42. The molecule has 10 nitrogen and oxygen atoms in total. The third-order valence-corrected chi connectivity index (χ3v) is 8.17. The van der Waals surface area contributed by atoms with E-state index >= 15 is 0 Å². The van der Waals surface area contributed by atoms with Gasteiger partial charge in [-0.1, -0.05) is 71.7 Å². The van der Waals surface area contributed by atoms with Gasteiger partial charge in [0.05, 0.1) is 0 Å². The zero-order valence-electron chi connectivity index (χ0n) is 21.1. The Morgan fingerprint density at radius 2 is 1.82 bits per heavy atom. The van der Waals surface area contributed by atoms with Crippen LogP contribution in [-0.2, 0) is 24.0 Å². The quantitative estimate of drug-likeness (QED) is 0.138. The van der Waals surface area contributed by atoms with Crippen LogP contribution in [-0.4, -0.2) is 57.7 Å². The molecule has 3 aromatic rings. The number of nitrogens with two attached hydrogens (primary N) is 1. The number of carbonyl (C=O) groups excluding carboxylic acids is 3. The van der Waals surface area contributed by atoms with E-state index in [1.54, 1.807) is 5.38 Å². The number of thiazole rings is 1. The molecular formula is C28H23N5O5S2. The zero-order chi connectivity index (χ0) is 28.2. The minimum absolute atomic E-state index is 0.00309. The van der Waals surface area contributed by atoms with Crippen LogP contribution in [0.15, 0.2) is 82.5 Å². The summed E-state index contributed by atoms with van der Waals surface area (Å²) in [6.45, 7) is 0. The largest absolute Gasteiger partial charge is 0.448 e. The third kappa shape index (κ3) is 5.16. The lowest BCUT2D eigenvalue weighted by Gasteiger charge is -2.49. The maximum Gasteiger partial charge on any atom is 0.357 e. The Labute approximate surface area is 238 Å². The molecule has 40 heavy (non-hydrogen) atoms. The number of nitrogen functional groups attached to an aromatic ring is 1. The Morgan fingerprint density at radius 1 is 1.18 bits per heavy atom. The normalized spacial score (nSPS) is 18.5. The van der Waals surface area contributed by atoms with Crippen LogP contribution in [0.1, 0.15) is 22.9 Å². The van der Waals surface area contributed by atoms with Crippen LogP contribution in [0, 0.1) is 12.3 Å². The highest BCUT2D eigenvalue weighted by molar-refractivity contribution is 8.00. The van der Waals surface area contributed by atoms with Crippen LogP contribution < -0.4 is 11.1 Å². The number of ether oxygens (including phenoxy) is 1. The Bertz CT molecular complexity index is 1510. The first kappa shape index (κ1) is 27.0. The van der Waals surface area contributed by atoms with Gasteiger partial charge < -0.3 is 20.6 Å². The first-order valence-corrected chi connectivity index (χ1v) is 13.9. The van der Waals surface area contributed by atoms with Gasteiger partial charge in [-0.2, -0.15) is 0 Å². The minimum Gasteiger partial charge on any atom is -0.448 e. The molecule has 12 heteroatoms. The molecule has 2 amide bonds. The second-order valence-corrected chi connectivity index (χ2v) is 10.6. The number of rotatable bonds is 8. The van der Waals surface area contributed by atoms with Gasteiger partial charge in [-0.05, 0) is 11.1 Å². The van der Waals surface area contributed by atoms with Crippen molar-refractivity contribution in [3.05, 3.63) is 94.1 Å². The topological polar surface area (TPSA) is 136 Å². The maximum atomic E-state index is 13.6. The molecule has 0 radical (unpaired) electrons. The molecule has 3 heterocycles. The second-order valence-electron chi connectivity index (χ2n) is 8.63. The third-order valence-electron chi connectivity index (χ3n) is 6.21. The molecule has 0 spiro atoms. The van der Waals surface area contributed by atoms with Crippen molar-refractivity contribution in [1.82, 2.24) is 15.2 Å². The van der Waals surface area contributed by atoms with E-state index in [0.717, 1.165) is 22.5 Å². The minimum atomic E-state index is -0.934. The van der Waals surface area contributed by atoms with Gasteiger partial charge in [-0.25, -0.2) is 9.78 Å². The number of hydrogen-bond acceptors (Lipinski definition) is 10. The molecule has 0 aliphatic carbocycles. The first-order valence-electron chi connectivity index (χ1n) is 12.0. The number of esters is 1. The lowest BCUT2D eigenvalue weighted by atomic mass is 10.0. The zero-order valence-corrected chi connectivity index (χ0v) is 22.8. The van der Waals surface area contributed by atoms with E-state index < -0.39 is 35.3 Å². The van der Waals surface area contributed by atoms with Crippen molar-refractivity contribution in [3.63, 3.8) is 0 Å². The van der Waals surface area contributed by atoms with Crippen molar-refractivity contribution in [1.29, 1.82) is 0 Å². The summed E-state index contributed by atoms with van der Waals surface area (Å²) in [4.78, 5) is 50.2. The molecule has 202 valence electrons. The van der Waals surface area contributed by atoms with Gasteiger partial charge in [-0.15, -0.1) is 29.5 Å². The van der Waals surface area contributed by atoms with E-state index in [1.807, 2.05) is 60.7 Å². The molecule has 1 aromatic heterocycles. The van der Waals surface area contributed by atoms with Crippen LogP contribution in [0.3, 0.4) is 0 Å². The summed E-state index contributed by atoms with van der Waals surface area (Å²) < 4.78 is 6.00. The fourth-order valence-corrected chi connectivity index (χ4v) is 6.21. The number of nitrogens with one attached hydrogen (secondary N) is 1. The number of aromatic nitrogens is 1. The molecule has 1 unspecified atom stereocenters. The van der Waals surface area contributed by atoms with Crippen LogP contribution in [0.2, 0.25) is 0 Å². The standard InChI is InChI=1S/C28H23N5O5S2/c1-3-16-14-39-26-21(31-24(34)20(32-37-2)19-15-40-28(29)30-19)25(35)33(26)22(16)27(36)38-23(17-10-6-4-7-11-17)18-12-8-5-9-13-18/h1,4-13,15,21,23,26H,14H2,2H3,(H2,29,30)(H,31,34)/t21?,26-/m0/s1. The van der Waals surface area contributed by atoms with E-state index in [9.17, 15) is 14.4 Å². The molecule has 5 rings (SSSR count). The van der Waals surface area contributed by atoms with Crippen molar-refractivity contribution in [2.75, 3.05) is 18.6 Å². The lowest BCUT2D eigenvalue weighted by Crippen LogP contribution is -2.71. The van der Waals surface area contributed by atoms with E-state index in [2.05, 4.69) is 21.4 Å². The number of thioether (sulfide) groups is 1. The lowest BCUT2D eigenvalue weighted by molar-refractivity contribution is -0.154. The predicted octanol–water partition coefficient (Wildman–Crippen LogP) is 2.70. The van der Waals surface area contributed by atoms with Crippen molar-refractivity contribution in [3.8, 4) is 12.3 Å². The summed E-state index contributed by atoms with van der Waals surface area (Å²) in [6, 6.07) is 17.6. The SMILES string of the molecule is C#CC1=C(C(=O)OC(c2ccccc2)c2ccccc2)N2C(=O)C(NC(=O)C(=NOC)c3csc(N)n3)[C@@H]2SC1. The number of fused-ring (bicyclic) bond motifs is 1. The van der Waals surface area contributed by atoms with E-state index in [0.29, 0.717) is 5.57 Å². The fourth-order valence-electron chi connectivity index (χ4n) is 4.37. The van der Waals surface area contributed by atoms with Crippen molar-refractivity contribution in [2.24, 2.45) is 5.16 Å². The smallest absolute Gasteiger partial charge is 0.357 e. The molecule has 2 aromatic carbocycles. The second kappa shape index (κ2) is 11.6.